The van der Waals surface area contributed by atoms with Crippen LogP contribution in [0.5, 0.6) is 5.88 Å². The SMILES string of the molecule is COc1cc(CNC(=O)NCC(C)N2CCCC(C)C2)ccn1. The van der Waals surface area contributed by atoms with Crippen molar-refractivity contribution in [3.05, 3.63) is 23.9 Å². The summed E-state index contributed by atoms with van der Waals surface area (Å²) >= 11 is 0. The lowest BCUT2D eigenvalue weighted by molar-refractivity contribution is 0.137. The number of piperidine rings is 1. The van der Waals surface area contributed by atoms with Gasteiger partial charge in [-0.15, -0.1) is 0 Å². The van der Waals surface area contributed by atoms with Gasteiger partial charge >= 0.3 is 6.03 Å². The van der Waals surface area contributed by atoms with Gasteiger partial charge in [-0.05, 0) is 43.9 Å². The number of pyridine rings is 1. The van der Waals surface area contributed by atoms with Crippen molar-refractivity contribution < 1.29 is 9.53 Å². The third kappa shape index (κ3) is 5.71. The van der Waals surface area contributed by atoms with E-state index in [4.69, 9.17) is 4.74 Å². The zero-order valence-corrected chi connectivity index (χ0v) is 14.3. The van der Waals surface area contributed by atoms with E-state index in [0.717, 1.165) is 24.6 Å². The van der Waals surface area contributed by atoms with Gasteiger partial charge in [0, 0.05) is 37.9 Å². The van der Waals surface area contributed by atoms with Crippen LogP contribution in [0, 0.1) is 5.92 Å². The number of nitrogens with one attached hydrogen (secondary N) is 2. The van der Waals surface area contributed by atoms with Gasteiger partial charge in [-0.3, -0.25) is 4.90 Å². The fraction of sp³-hybridized carbons (Fsp3) is 0.647. The Morgan fingerprint density at radius 3 is 3.09 bits per heavy atom. The van der Waals surface area contributed by atoms with E-state index in [0.29, 0.717) is 25.0 Å². The molecular weight excluding hydrogens is 292 g/mol. The van der Waals surface area contributed by atoms with E-state index >= 15 is 0 Å². The Labute approximate surface area is 138 Å². The molecule has 128 valence electrons. The van der Waals surface area contributed by atoms with Crippen LogP contribution in [-0.2, 0) is 6.54 Å². The van der Waals surface area contributed by atoms with Crippen molar-refractivity contribution in [2.45, 2.75) is 39.3 Å². The Morgan fingerprint density at radius 1 is 1.52 bits per heavy atom. The van der Waals surface area contributed by atoms with Crippen molar-refractivity contribution in [1.29, 1.82) is 0 Å². The molecule has 1 aliphatic rings. The van der Waals surface area contributed by atoms with Crippen LogP contribution in [-0.4, -0.2) is 48.7 Å². The summed E-state index contributed by atoms with van der Waals surface area (Å²) in [5.41, 5.74) is 0.963. The van der Waals surface area contributed by atoms with Crippen molar-refractivity contribution in [3.63, 3.8) is 0 Å². The zero-order chi connectivity index (χ0) is 16.7. The molecule has 0 aromatic carbocycles. The van der Waals surface area contributed by atoms with Gasteiger partial charge < -0.3 is 15.4 Å². The Kier molecular flexibility index (Phi) is 6.65. The van der Waals surface area contributed by atoms with E-state index in [1.54, 1.807) is 13.3 Å². The van der Waals surface area contributed by atoms with E-state index in [1.807, 2.05) is 12.1 Å². The first-order valence-corrected chi connectivity index (χ1v) is 8.33. The first kappa shape index (κ1) is 17.5. The molecule has 2 amide bonds. The molecule has 6 heteroatoms. The van der Waals surface area contributed by atoms with E-state index in [9.17, 15) is 4.79 Å². The quantitative estimate of drug-likeness (QED) is 0.841. The third-order valence-corrected chi connectivity index (χ3v) is 4.33. The molecule has 1 aromatic rings. The molecule has 0 radical (unpaired) electrons. The number of aromatic nitrogens is 1. The summed E-state index contributed by atoms with van der Waals surface area (Å²) in [4.78, 5) is 18.4. The maximum atomic E-state index is 11.9. The average Bonchev–Trinajstić information content (AvgIpc) is 2.58. The van der Waals surface area contributed by atoms with E-state index in [2.05, 4.69) is 34.4 Å². The zero-order valence-electron chi connectivity index (χ0n) is 14.3. The van der Waals surface area contributed by atoms with Crippen molar-refractivity contribution in [2.75, 3.05) is 26.7 Å². The number of nitrogens with zero attached hydrogens (tertiary/aromatic N) is 2. The number of likely N-dealkylation sites (tertiary alicyclic amines) is 1. The molecule has 0 saturated carbocycles. The Balaban J connectivity index is 1.70. The number of amides is 2. The largest absolute Gasteiger partial charge is 0.481 e. The minimum atomic E-state index is -0.141. The fourth-order valence-corrected chi connectivity index (χ4v) is 2.91. The van der Waals surface area contributed by atoms with Gasteiger partial charge in [0.1, 0.15) is 0 Å². The third-order valence-electron chi connectivity index (χ3n) is 4.33. The van der Waals surface area contributed by atoms with Crippen LogP contribution >= 0.6 is 0 Å². The number of rotatable bonds is 6. The second-order valence-corrected chi connectivity index (χ2v) is 6.36. The van der Waals surface area contributed by atoms with E-state index in [1.165, 1.54) is 12.8 Å². The van der Waals surface area contributed by atoms with Crippen LogP contribution in [0.4, 0.5) is 4.79 Å². The molecule has 1 saturated heterocycles. The summed E-state index contributed by atoms with van der Waals surface area (Å²) in [7, 11) is 1.58. The van der Waals surface area contributed by atoms with Crippen molar-refractivity contribution in [1.82, 2.24) is 20.5 Å². The lowest BCUT2D eigenvalue weighted by Crippen LogP contribution is -2.48. The van der Waals surface area contributed by atoms with Crippen LogP contribution in [0.2, 0.25) is 0 Å². The second kappa shape index (κ2) is 8.72. The summed E-state index contributed by atoms with van der Waals surface area (Å²) in [6, 6.07) is 3.90. The maximum Gasteiger partial charge on any atom is 0.315 e. The monoisotopic (exact) mass is 320 g/mol. The fourth-order valence-electron chi connectivity index (χ4n) is 2.91. The van der Waals surface area contributed by atoms with Crippen LogP contribution < -0.4 is 15.4 Å². The average molecular weight is 320 g/mol. The number of hydrogen-bond donors (Lipinski definition) is 2. The normalized spacial score (nSPS) is 19.9. The van der Waals surface area contributed by atoms with Crippen LogP contribution in [0.3, 0.4) is 0 Å². The molecule has 0 aliphatic carbocycles. The molecule has 23 heavy (non-hydrogen) atoms. The van der Waals surface area contributed by atoms with Gasteiger partial charge in [-0.25, -0.2) is 9.78 Å². The van der Waals surface area contributed by atoms with Crippen molar-refractivity contribution in [3.8, 4) is 5.88 Å². The van der Waals surface area contributed by atoms with Gasteiger partial charge in [0.2, 0.25) is 5.88 Å². The number of carbonyl (C=O) groups excluding carboxylic acids is 1. The topological polar surface area (TPSA) is 66.5 Å². The first-order chi connectivity index (χ1) is 11.1. The highest BCUT2D eigenvalue weighted by molar-refractivity contribution is 5.73. The molecule has 2 rings (SSSR count). The Morgan fingerprint density at radius 2 is 2.35 bits per heavy atom. The van der Waals surface area contributed by atoms with Gasteiger partial charge in [-0.2, -0.15) is 0 Å². The highest BCUT2D eigenvalue weighted by atomic mass is 16.5. The molecule has 2 heterocycles. The lowest BCUT2D eigenvalue weighted by Gasteiger charge is -2.35. The predicted molar refractivity (Wildman–Crippen MR) is 90.5 cm³/mol. The second-order valence-electron chi connectivity index (χ2n) is 6.36. The molecule has 2 unspecified atom stereocenters. The molecular formula is C17H28N4O2. The number of carbonyl (C=O) groups is 1. The first-order valence-electron chi connectivity index (χ1n) is 8.33. The van der Waals surface area contributed by atoms with Gasteiger partial charge in [-0.1, -0.05) is 6.92 Å². The Hall–Kier alpha value is -1.82. The standard InChI is InChI=1S/C17H28N4O2/c1-13-5-4-8-21(12-13)14(2)10-19-17(22)20-11-15-6-7-18-16(9-15)23-3/h6-7,9,13-14H,4-5,8,10-12H2,1-3H3,(H2,19,20,22). The minimum absolute atomic E-state index is 0.141. The number of urea groups is 1. The van der Waals surface area contributed by atoms with Crippen LogP contribution in [0.25, 0.3) is 0 Å². The number of ether oxygens (including phenoxy) is 1. The molecule has 2 atom stereocenters. The van der Waals surface area contributed by atoms with Gasteiger partial charge in [0.05, 0.1) is 7.11 Å². The predicted octanol–water partition coefficient (Wildman–Crippen LogP) is 2.01. The highest BCUT2D eigenvalue weighted by Gasteiger charge is 2.20. The van der Waals surface area contributed by atoms with E-state index < -0.39 is 0 Å². The molecule has 1 aromatic heterocycles. The molecule has 1 fully saturated rings. The summed E-state index contributed by atoms with van der Waals surface area (Å²) in [6.45, 7) is 7.85. The molecule has 1 aliphatic heterocycles. The summed E-state index contributed by atoms with van der Waals surface area (Å²) in [5.74, 6) is 1.30. The summed E-state index contributed by atoms with van der Waals surface area (Å²) in [5, 5.41) is 5.82. The molecule has 6 nitrogen and oxygen atoms in total. The van der Waals surface area contributed by atoms with E-state index in [-0.39, 0.29) is 6.03 Å². The minimum Gasteiger partial charge on any atom is -0.481 e. The lowest BCUT2D eigenvalue weighted by atomic mass is 9.99. The summed E-state index contributed by atoms with van der Waals surface area (Å²) in [6.07, 6.45) is 4.24. The van der Waals surface area contributed by atoms with Gasteiger partial charge in [0.25, 0.3) is 0 Å². The number of methoxy groups -OCH3 is 1. The number of hydrogen-bond acceptors (Lipinski definition) is 4. The molecule has 0 bridgehead atoms. The van der Waals surface area contributed by atoms with Gasteiger partial charge in [0.15, 0.2) is 0 Å². The van der Waals surface area contributed by atoms with Crippen LogP contribution in [0.1, 0.15) is 32.3 Å². The summed E-state index contributed by atoms with van der Waals surface area (Å²) < 4.78 is 5.07. The highest BCUT2D eigenvalue weighted by Crippen LogP contribution is 2.17. The van der Waals surface area contributed by atoms with Crippen molar-refractivity contribution >= 4 is 6.03 Å². The smallest absolute Gasteiger partial charge is 0.315 e. The van der Waals surface area contributed by atoms with Crippen molar-refractivity contribution in [2.24, 2.45) is 5.92 Å². The maximum absolute atomic E-state index is 11.9. The molecule has 0 spiro atoms. The van der Waals surface area contributed by atoms with Crippen LogP contribution in [0.15, 0.2) is 18.3 Å². The molecule has 2 N–H and O–H groups in total. The Bertz CT molecular complexity index is 509.